The number of ether oxygens (including phenoxy) is 3. The molecule has 2 aromatic carbocycles. The number of pyridine rings is 1. The summed E-state index contributed by atoms with van der Waals surface area (Å²) in [5.41, 5.74) is 1.93. The molecule has 1 fully saturated rings. The van der Waals surface area contributed by atoms with Crippen molar-refractivity contribution in [3.63, 3.8) is 0 Å². The van der Waals surface area contributed by atoms with Crippen molar-refractivity contribution in [1.82, 2.24) is 14.8 Å². The Hall–Kier alpha value is -3.36. The lowest BCUT2D eigenvalue weighted by Gasteiger charge is -2.36. The first-order valence-electron chi connectivity index (χ1n) is 12.1. The Kier molecular flexibility index (Phi) is 7.01. The molecule has 1 saturated heterocycles. The highest BCUT2D eigenvalue weighted by Crippen LogP contribution is 2.31. The third-order valence-electron chi connectivity index (χ3n) is 6.93. The normalized spacial score (nSPS) is 20.0. The number of nitrogens with one attached hydrogen (secondary N) is 1. The number of aromatic nitrogens is 1. The highest BCUT2D eigenvalue weighted by atomic mass is 16.6. The van der Waals surface area contributed by atoms with Gasteiger partial charge in [0.2, 0.25) is 0 Å². The van der Waals surface area contributed by atoms with Crippen LogP contribution in [0.3, 0.4) is 0 Å². The molecule has 2 aliphatic rings. The quantitative estimate of drug-likeness (QED) is 0.499. The minimum absolute atomic E-state index is 0.0336. The third kappa shape index (κ3) is 5.18. The van der Waals surface area contributed by atoms with Crippen LogP contribution in [-0.2, 0) is 17.9 Å². The number of aldehydes is 1. The lowest BCUT2D eigenvalue weighted by Crippen LogP contribution is -2.50. The minimum atomic E-state index is -0.106. The van der Waals surface area contributed by atoms with E-state index >= 15 is 0 Å². The van der Waals surface area contributed by atoms with Gasteiger partial charge in [-0.15, -0.1) is 0 Å². The van der Waals surface area contributed by atoms with Crippen molar-refractivity contribution >= 4 is 17.2 Å². The lowest BCUT2D eigenvalue weighted by atomic mass is 9.93. The van der Waals surface area contributed by atoms with Gasteiger partial charge in [-0.2, -0.15) is 0 Å². The molecule has 0 saturated carbocycles. The Morgan fingerprint density at radius 1 is 1.06 bits per heavy atom. The molecule has 2 atom stereocenters. The van der Waals surface area contributed by atoms with Crippen LogP contribution in [0.4, 0.5) is 0 Å². The van der Waals surface area contributed by atoms with E-state index in [1.54, 1.807) is 17.7 Å². The third-order valence-corrected chi connectivity index (χ3v) is 6.93. The molecular weight excluding hydrogens is 446 g/mol. The number of hydrogen-bond acceptors (Lipinski definition) is 7. The Morgan fingerprint density at radius 2 is 1.89 bits per heavy atom. The highest BCUT2D eigenvalue weighted by Gasteiger charge is 2.28. The SMILES string of the molecule is COc1ccc2ccc(=O)n(CCN3CCC(NCc4ccc5c(c4)OCCO5)C(C=O)C3)c2c1. The van der Waals surface area contributed by atoms with Crippen LogP contribution in [0.2, 0.25) is 0 Å². The molecule has 2 aliphatic heterocycles. The molecule has 2 unspecified atom stereocenters. The highest BCUT2D eigenvalue weighted by molar-refractivity contribution is 5.80. The summed E-state index contributed by atoms with van der Waals surface area (Å²) in [6.45, 7) is 4.61. The van der Waals surface area contributed by atoms with Crippen LogP contribution < -0.4 is 25.1 Å². The second-order valence-corrected chi connectivity index (χ2v) is 9.10. The van der Waals surface area contributed by atoms with Crippen molar-refractivity contribution < 1.29 is 19.0 Å². The van der Waals surface area contributed by atoms with Gasteiger partial charge in [0.1, 0.15) is 25.2 Å². The maximum atomic E-state index is 12.6. The average molecular weight is 478 g/mol. The molecule has 8 nitrogen and oxygen atoms in total. The molecular formula is C27H31N3O5. The fraction of sp³-hybridized carbons (Fsp3) is 0.407. The zero-order valence-electron chi connectivity index (χ0n) is 19.9. The first-order valence-corrected chi connectivity index (χ1v) is 12.1. The van der Waals surface area contributed by atoms with E-state index in [-0.39, 0.29) is 17.5 Å². The van der Waals surface area contributed by atoms with Crippen molar-refractivity contribution in [2.24, 2.45) is 5.92 Å². The maximum absolute atomic E-state index is 12.6. The topological polar surface area (TPSA) is 82.0 Å². The van der Waals surface area contributed by atoms with Gasteiger partial charge in [-0.3, -0.25) is 4.79 Å². The zero-order chi connectivity index (χ0) is 24.2. The Balaban J connectivity index is 1.20. The first-order chi connectivity index (χ1) is 17.1. The van der Waals surface area contributed by atoms with Gasteiger partial charge >= 0.3 is 0 Å². The number of likely N-dealkylation sites (tertiary alicyclic amines) is 1. The summed E-state index contributed by atoms with van der Waals surface area (Å²) in [6.07, 6.45) is 1.93. The van der Waals surface area contributed by atoms with Crippen molar-refractivity contribution in [1.29, 1.82) is 0 Å². The number of methoxy groups -OCH3 is 1. The molecule has 0 radical (unpaired) electrons. The smallest absolute Gasteiger partial charge is 0.251 e. The molecule has 0 amide bonds. The van der Waals surface area contributed by atoms with Gasteiger partial charge in [-0.05, 0) is 54.2 Å². The van der Waals surface area contributed by atoms with Crippen molar-refractivity contribution in [3.8, 4) is 17.2 Å². The lowest BCUT2D eigenvalue weighted by molar-refractivity contribution is -0.113. The standard InChI is InChI=1S/C27H31N3O5/c1-33-22-5-3-20-4-7-27(32)30(24(20)15-22)11-10-29-9-8-23(21(17-29)18-31)28-16-19-2-6-25-26(14-19)35-13-12-34-25/h2-7,14-15,18,21,23,28H,8-13,16-17H2,1H3. The molecule has 3 aromatic rings. The Morgan fingerprint density at radius 3 is 2.71 bits per heavy atom. The molecule has 5 rings (SSSR count). The zero-order valence-corrected chi connectivity index (χ0v) is 19.9. The summed E-state index contributed by atoms with van der Waals surface area (Å²) >= 11 is 0. The van der Waals surface area contributed by atoms with Gasteiger partial charge in [-0.25, -0.2) is 0 Å². The number of fused-ring (bicyclic) bond motifs is 2. The summed E-state index contributed by atoms with van der Waals surface area (Å²) in [7, 11) is 1.62. The largest absolute Gasteiger partial charge is 0.497 e. The minimum Gasteiger partial charge on any atom is -0.497 e. The van der Waals surface area contributed by atoms with Crippen LogP contribution in [0.1, 0.15) is 12.0 Å². The Labute approximate surface area is 204 Å². The summed E-state index contributed by atoms with van der Waals surface area (Å²) in [5.74, 6) is 2.18. The monoisotopic (exact) mass is 477 g/mol. The van der Waals surface area contributed by atoms with Crippen LogP contribution >= 0.6 is 0 Å². The first kappa shape index (κ1) is 23.4. The fourth-order valence-corrected chi connectivity index (χ4v) is 4.96. The van der Waals surface area contributed by atoms with Gasteiger partial charge < -0.3 is 33.8 Å². The second kappa shape index (κ2) is 10.5. The van der Waals surface area contributed by atoms with Gasteiger partial charge in [0.05, 0.1) is 12.6 Å². The predicted octanol–water partition coefficient (Wildman–Crippen LogP) is 2.46. The number of hydrogen-bond donors (Lipinski definition) is 1. The summed E-state index contributed by atoms with van der Waals surface area (Å²) in [5, 5.41) is 4.56. The summed E-state index contributed by atoms with van der Waals surface area (Å²) in [6, 6.07) is 15.3. The molecule has 8 heteroatoms. The summed E-state index contributed by atoms with van der Waals surface area (Å²) < 4.78 is 18.4. The van der Waals surface area contributed by atoms with E-state index in [9.17, 15) is 9.59 Å². The van der Waals surface area contributed by atoms with E-state index in [0.29, 0.717) is 39.4 Å². The van der Waals surface area contributed by atoms with Gasteiger partial charge in [-0.1, -0.05) is 6.07 Å². The molecule has 35 heavy (non-hydrogen) atoms. The second-order valence-electron chi connectivity index (χ2n) is 9.10. The molecule has 3 heterocycles. The molecule has 1 aromatic heterocycles. The molecule has 0 aliphatic carbocycles. The maximum Gasteiger partial charge on any atom is 0.251 e. The summed E-state index contributed by atoms with van der Waals surface area (Å²) in [4.78, 5) is 26.8. The molecule has 1 N–H and O–H groups in total. The van der Waals surface area contributed by atoms with Gasteiger partial charge in [0.25, 0.3) is 5.56 Å². The van der Waals surface area contributed by atoms with Crippen LogP contribution in [0.5, 0.6) is 17.2 Å². The number of piperidine rings is 1. The van der Waals surface area contributed by atoms with E-state index in [4.69, 9.17) is 14.2 Å². The van der Waals surface area contributed by atoms with Gasteiger partial charge in [0, 0.05) is 50.3 Å². The molecule has 184 valence electrons. The van der Waals surface area contributed by atoms with E-state index in [2.05, 4.69) is 10.2 Å². The fourth-order valence-electron chi connectivity index (χ4n) is 4.96. The molecule has 0 spiro atoms. The van der Waals surface area contributed by atoms with Crippen LogP contribution in [0, 0.1) is 5.92 Å². The Bertz CT molecular complexity index is 1260. The molecule has 0 bridgehead atoms. The number of rotatable bonds is 8. The van der Waals surface area contributed by atoms with Crippen LogP contribution in [-0.4, -0.2) is 61.8 Å². The van der Waals surface area contributed by atoms with Crippen molar-refractivity contribution in [3.05, 3.63) is 64.4 Å². The number of nitrogens with zero attached hydrogens (tertiary/aromatic N) is 2. The van der Waals surface area contributed by atoms with E-state index < -0.39 is 0 Å². The van der Waals surface area contributed by atoms with E-state index in [1.807, 2.05) is 42.5 Å². The van der Waals surface area contributed by atoms with Gasteiger partial charge in [0.15, 0.2) is 11.5 Å². The van der Waals surface area contributed by atoms with E-state index in [0.717, 1.165) is 53.0 Å². The van der Waals surface area contributed by atoms with Crippen molar-refractivity contribution in [2.45, 2.75) is 25.6 Å². The number of carbonyl (C=O) groups is 1. The number of benzene rings is 2. The average Bonchev–Trinajstić information content (AvgIpc) is 2.91. The van der Waals surface area contributed by atoms with Crippen molar-refractivity contribution in [2.75, 3.05) is 40.0 Å². The van der Waals surface area contributed by atoms with Crippen LogP contribution in [0.25, 0.3) is 10.9 Å². The van der Waals surface area contributed by atoms with E-state index in [1.165, 1.54) is 0 Å². The number of carbonyl (C=O) groups excluding carboxylic acids is 1. The predicted molar refractivity (Wildman–Crippen MR) is 133 cm³/mol. The van der Waals surface area contributed by atoms with Crippen LogP contribution in [0.15, 0.2) is 53.3 Å².